The summed E-state index contributed by atoms with van der Waals surface area (Å²) in [5.74, 6) is 0.648. The van der Waals surface area contributed by atoms with E-state index in [-0.39, 0.29) is 12.4 Å². The van der Waals surface area contributed by atoms with Crippen LogP contribution in [0.25, 0.3) is 0 Å². The first-order valence-electron chi connectivity index (χ1n) is 4.90. The Morgan fingerprint density at radius 1 is 1.47 bits per heavy atom. The smallest absolute Gasteiger partial charge is 0.201 e. The number of methoxy groups -OCH3 is 1. The average Bonchev–Trinajstić information content (AvgIpc) is 2.24. The van der Waals surface area contributed by atoms with Gasteiger partial charge in [0.25, 0.3) is 0 Å². The zero-order valence-corrected chi connectivity index (χ0v) is 9.16. The fraction of sp³-hybridized carbons (Fsp3) is 0.417. The molecule has 1 aromatic carbocycles. The van der Waals surface area contributed by atoms with Gasteiger partial charge in [0.15, 0.2) is 5.60 Å². The minimum atomic E-state index is -0.846. The van der Waals surface area contributed by atoms with Gasteiger partial charge in [-0.1, -0.05) is 11.6 Å². The Hall–Kier alpha value is -1.35. The van der Waals surface area contributed by atoms with Gasteiger partial charge in [0.1, 0.15) is 12.4 Å². The number of ketones is 1. The summed E-state index contributed by atoms with van der Waals surface area (Å²) in [5.41, 5.74) is 0.817. The van der Waals surface area contributed by atoms with E-state index in [9.17, 15) is 4.79 Å². The van der Waals surface area contributed by atoms with Gasteiger partial charge in [-0.2, -0.15) is 0 Å². The van der Waals surface area contributed by atoms with Gasteiger partial charge in [-0.25, -0.2) is 0 Å². The largest absolute Gasteiger partial charge is 0.489 e. The van der Waals surface area contributed by atoms with Crippen LogP contribution in [0.2, 0.25) is 0 Å². The Kier molecular flexibility index (Phi) is 2.27. The second-order valence-electron chi connectivity index (χ2n) is 4.05. The molecule has 0 aliphatic carbocycles. The first kappa shape index (κ1) is 10.2. The van der Waals surface area contributed by atoms with E-state index in [1.54, 1.807) is 6.92 Å². The Morgan fingerprint density at radius 3 is 2.87 bits per heavy atom. The van der Waals surface area contributed by atoms with Crippen LogP contribution in [-0.2, 0) is 4.74 Å². The molecule has 0 amide bonds. The van der Waals surface area contributed by atoms with Crippen molar-refractivity contribution in [2.45, 2.75) is 19.4 Å². The summed E-state index contributed by atoms with van der Waals surface area (Å²) < 4.78 is 10.7. The van der Waals surface area contributed by atoms with Crippen LogP contribution in [0.15, 0.2) is 18.2 Å². The van der Waals surface area contributed by atoms with E-state index in [0.717, 1.165) is 5.56 Å². The van der Waals surface area contributed by atoms with Crippen molar-refractivity contribution in [3.8, 4) is 5.75 Å². The van der Waals surface area contributed by atoms with Crippen LogP contribution >= 0.6 is 0 Å². The summed E-state index contributed by atoms with van der Waals surface area (Å²) in [6, 6.07) is 5.60. The van der Waals surface area contributed by atoms with E-state index in [2.05, 4.69) is 0 Å². The van der Waals surface area contributed by atoms with E-state index in [0.29, 0.717) is 11.3 Å². The van der Waals surface area contributed by atoms with Crippen LogP contribution in [0, 0.1) is 6.92 Å². The highest BCUT2D eigenvalue weighted by atomic mass is 16.5. The van der Waals surface area contributed by atoms with Crippen LogP contribution in [0.3, 0.4) is 0 Å². The van der Waals surface area contributed by atoms with Gasteiger partial charge in [-0.3, -0.25) is 4.79 Å². The minimum absolute atomic E-state index is 0.00468. The van der Waals surface area contributed by atoms with E-state index in [1.165, 1.54) is 7.11 Å². The molecule has 3 nitrogen and oxygen atoms in total. The summed E-state index contributed by atoms with van der Waals surface area (Å²) in [7, 11) is 1.53. The van der Waals surface area contributed by atoms with E-state index in [1.807, 2.05) is 25.1 Å². The standard InChI is InChI=1S/C12H14O3/c1-8-4-5-10-9(6-8)11(13)12(2,14-3)7-15-10/h4-6H,7H2,1-3H3. The van der Waals surface area contributed by atoms with Gasteiger partial charge in [-0.05, 0) is 26.0 Å². The molecule has 15 heavy (non-hydrogen) atoms. The van der Waals surface area contributed by atoms with Crippen LogP contribution in [0.4, 0.5) is 0 Å². The lowest BCUT2D eigenvalue weighted by molar-refractivity contribution is -0.0196. The fourth-order valence-electron chi connectivity index (χ4n) is 1.66. The molecular weight excluding hydrogens is 192 g/mol. The normalized spacial score (nSPS) is 24.6. The SMILES string of the molecule is COC1(C)COc2ccc(C)cc2C1=O. The van der Waals surface area contributed by atoms with Gasteiger partial charge in [0, 0.05) is 7.11 Å². The maximum atomic E-state index is 12.1. The predicted octanol–water partition coefficient (Wildman–Crippen LogP) is 1.98. The molecule has 0 N–H and O–H groups in total. The molecule has 2 rings (SSSR count). The monoisotopic (exact) mass is 206 g/mol. The van der Waals surface area contributed by atoms with Crippen LogP contribution < -0.4 is 4.74 Å². The van der Waals surface area contributed by atoms with Gasteiger partial charge >= 0.3 is 0 Å². The number of fused-ring (bicyclic) bond motifs is 1. The Balaban J connectivity index is 2.50. The molecule has 1 aliphatic rings. The first-order valence-corrected chi connectivity index (χ1v) is 4.90. The molecule has 0 saturated heterocycles. The summed E-state index contributed by atoms with van der Waals surface area (Å²) in [4.78, 5) is 12.1. The van der Waals surface area contributed by atoms with Gasteiger partial charge in [0.2, 0.25) is 5.78 Å². The van der Waals surface area contributed by atoms with Gasteiger partial charge in [-0.15, -0.1) is 0 Å². The van der Waals surface area contributed by atoms with Crippen molar-refractivity contribution in [2.24, 2.45) is 0 Å². The van der Waals surface area contributed by atoms with Gasteiger partial charge in [0.05, 0.1) is 5.56 Å². The third kappa shape index (κ3) is 1.53. The lowest BCUT2D eigenvalue weighted by Gasteiger charge is -2.31. The highest BCUT2D eigenvalue weighted by Gasteiger charge is 2.40. The van der Waals surface area contributed by atoms with E-state index < -0.39 is 5.60 Å². The second kappa shape index (κ2) is 3.35. The number of carbonyl (C=O) groups excluding carboxylic acids is 1. The molecule has 0 spiro atoms. The number of Topliss-reactive ketones (excluding diaryl/α,β-unsaturated/α-hetero) is 1. The molecule has 3 heteroatoms. The lowest BCUT2D eigenvalue weighted by Crippen LogP contribution is -2.46. The van der Waals surface area contributed by atoms with E-state index >= 15 is 0 Å². The Morgan fingerprint density at radius 2 is 2.20 bits per heavy atom. The lowest BCUT2D eigenvalue weighted by atomic mass is 9.91. The van der Waals surface area contributed by atoms with Crippen LogP contribution in [-0.4, -0.2) is 25.1 Å². The molecule has 1 atom stereocenters. The summed E-state index contributed by atoms with van der Waals surface area (Å²) in [5, 5.41) is 0. The summed E-state index contributed by atoms with van der Waals surface area (Å²) in [6.07, 6.45) is 0. The maximum absolute atomic E-state index is 12.1. The molecule has 0 bridgehead atoms. The topological polar surface area (TPSA) is 35.5 Å². The minimum Gasteiger partial charge on any atom is -0.489 e. The number of hydrogen-bond donors (Lipinski definition) is 0. The molecule has 1 aliphatic heterocycles. The van der Waals surface area contributed by atoms with E-state index in [4.69, 9.17) is 9.47 Å². The number of aryl methyl sites for hydroxylation is 1. The third-order valence-corrected chi connectivity index (χ3v) is 2.81. The molecular formula is C12H14O3. The predicted molar refractivity (Wildman–Crippen MR) is 56.4 cm³/mol. The van der Waals surface area contributed by atoms with Crippen molar-refractivity contribution in [3.05, 3.63) is 29.3 Å². The number of benzene rings is 1. The van der Waals surface area contributed by atoms with Crippen molar-refractivity contribution in [1.29, 1.82) is 0 Å². The average molecular weight is 206 g/mol. The highest BCUT2D eigenvalue weighted by molar-refractivity contribution is 6.05. The zero-order chi connectivity index (χ0) is 11.1. The Labute approximate surface area is 89.0 Å². The number of ether oxygens (including phenoxy) is 2. The molecule has 0 fully saturated rings. The van der Waals surface area contributed by atoms with Crippen molar-refractivity contribution in [3.63, 3.8) is 0 Å². The number of rotatable bonds is 1. The summed E-state index contributed by atoms with van der Waals surface area (Å²) in [6.45, 7) is 3.98. The molecule has 1 heterocycles. The molecule has 0 saturated carbocycles. The molecule has 1 aromatic rings. The fourth-order valence-corrected chi connectivity index (χ4v) is 1.66. The van der Waals surface area contributed by atoms with Crippen molar-refractivity contribution in [2.75, 3.05) is 13.7 Å². The Bertz CT molecular complexity index is 411. The molecule has 1 unspecified atom stereocenters. The highest BCUT2D eigenvalue weighted by Crippen LogP contribution is 2.31. The van der Waals surface area contributed by atoms with Crippen molar-refractivity contribution < 1.29 is 14.3 Å². The van der Waals surface area contributed by atoms with Crippen LogP contribution in [0.5, 0.6) is 5.75 Å². The quantitative estimate of drug-likeness (QED) is 0.704. The third-order valence-electron chi connectivity index (χ3n) is 2.81. The number of carbonyl (C=O) groups is 1. The molecule has 0 aromatic heterocycles. The number of hydrogen-bond acceptors (Lipinski definition) is 3. The maximum Gasteiger partial charge on any atom is 0.201 e. The van der Waals surface area contributed by atoms with Crippen LogP contribution in [0.1, 0.15) is 22.8 Å². The molecule has 80 valence electrons. The second-order valence-corrected chi connectivity index (χ2v) is 4.05. The zero-order valence-electron chi connectivity index (χ0n) is 9.16. The van der Waals surface area contributed by atoms with Crippen molar-refractivity contribution >= 4 is 5.78 Å². The van der Waals surface area contributed by atoms with Crippen molar-refractivity contribution in [1.82, 2.24) is 0 Å². The first-order chi connectivity index (χ1) is 7.07. The molecule has 0 radical (unpaired) electrons. The summed E-state index contributed by atoms with van der Waals surface area (Å²) >= 11 is 0. The van der Waals surface area contributed by atoms with Gasteiger partial charge < -0.3 is 9.47 Å².